The summed E-state index contributed by atoms with van der Waals surface area (Å²) in [7, 11) is 0. The lowest BCUT2D eigenvalue weighted by Gasteiger charge is -2.28. The molecule has 0 heterocycles. The quantitative estimate of drug-likeness (QED) is 0.127. The first-order chi connectivity index (χ1) is 31.7. The van der Waals surface area contributed by atoms with Crippen molar-refractivity contribution in [3.8, 4) is 33.4 Å². The number of fused-ring (bicyclic) bond motifs is 3. The van der Waals surface area contributed by atoms with E-state index in [2.05, 4.69) is 265 Å². The minimum absolute atomic E-state index is 1.08. The SMILES string of the molecule is C1=CC(c2ccc(N(c3cccc(-c4ccc(N(c5ccc(-c6ccccc6)cc5)c5ccc(-c6ccccc6)cc5)cc4)c3)c3cc4ccccc4c4ccccc34)cc2)=CCC1. The summed E-state index contributed by atoms with van der Waals surface area (Å²) in [5, 5.41) is 4.94. The second kappa shape index (κ2) is 17.3. The minimum Gasteiger partial charge on any atom is -0.311 e. The molecule has 0 aromatic heterocycles. The summed E-state index contributed by atoms with van der Waals surface area (Å²) in [6, 6.07) is 85.9. The number of allylic oxidation sites excluding steroid dienone is 4. The standard InChI is InChI=1S/C62H46N2/c1-4-15-45(16-5-1)48-27-35-54(36-28-48)63(55-37-29-49(30-38-55)46-17-6-2-7-18-46)56-39-33-51(34-40-56)52-22-14-23-58(43-52)64(57-41-31-50(32-42-57)47-19-8-3-9-20-47)62-44-53-21-10-11-24-59(53)60-25-12-13-26-61(60)62/h1-2,4-8,10-44H,3,9H2. The molecular formula is C62H46N2. The zero-order valence-corrected chi connectivity index (χ0v) is 35.6. The van der Waals surface area contributed by atoms with Gasteiger partial charge in [0.05, 0.1) is 5.69 Å². The van der Waals surface area contributed by atoms with Gasteiger partial charge in [0, 0.05) is 33.8 Å². The van der Waals surface area contributed by atoms with Gasteiger partial charge < -0.3 is 9.80 Å². The van der Waals surface area contributed by atoms with E-state index in [-0.39, 0.29) is 0 Å². The number of rotatable bonds is 10. The van der Waals surface area contributed by atoms with Crippen LogP contribution in [0.2, 0.25) is 0 Å². The van der Waals surface area contributed by atoms with Gasteiger partial charge in [-0.3, -0.25) is 0 Å². The third kappa shape index (κ3) is 7.67. The van der Waals surface area contributed by atoms with Crippen molar-refractivity contribution >= 4 is 61.2 Å². The van der Waals surface area contributed by atoms with Gasteiger partial charge in [-0.05, 0) is 140 Å². The highest BCUT2D eigenvalue weighted by Crippen LogP contribution is 2.44. The van der Waals surface area contributed by atoms with E-state index in [9.17, 15) is 0 Å². The van der Waals surface area contributed by atoms with Crippen molar-refractivity contribution < 1.29 is 0 Å². The molecule has 1 aliphatic carbocycles. The van der Waals surface area contributed by atoms with Crippen LogP contribution in [-0.2, 0) is 0 Å². The average molecular weight is 819 g/mol. The van der Waals surface area contributed by atoms with E-state index in [1.807, 2.05) is 0 Å². The van der Waals surface area contributed by atoms with Crippen LogP contribution in [0.15, 0.2) is 255 Å². The first-order valence-electron chi connectivity index (χ1n) is 22.2. The van der Waals surface area contributed by atoms with E-state index in [4.69, 9.17) is 0 Å². The lowest BCUT2D eigenvalue weighted by atomic mass is 9.97. The van der Waals surface area contributed by atoms with E-state index in [0.29, 0.717) is 0 Å². The monoisotopic (exact) mass is 818 g/mol. The zero-order chi connectivity index (χ0) is 42.7. The molecule has 0 radical (unpaired) electrons. The van der Waals surface area contributed by atoms with Crippen LogP contribution in [0.4, 0.5) is 34.1 Å². The first-order valence-corrected chi connectivity index (χ1v) is 22.2. The van der Waals surface area contributed by atoms with E-state index < -0.39 is 0 Å². The minimum atomic E-state index is 1.08. The molecule has 0 saturated carbocycles. The molecular weight excluding hydrogens is 773 g/mol. The van der Waals surface area contributed by atoms with Crippen LogP contribution < -0.4 is 9.80 Å². The maximum absolute atomic E-state index is 2.43. The normalized spacial score (nSPS) is 12.3. The highest BCUT2D eigenvalue weighted by Gasteiger charge is 2.19. The maximum Gasteiger partial charge on any atom is 0.0546 e. The molecule has 0 atom stereocenters. The Kier molecular flexibility index (Phi) is 10.5. The summed E-state index contributed by atoms with van der Waals surface area (Å²) in [4.78, 5) is 4.78. The van der Waals surface area contributed by atoms with Crippen molar-refractivity contribution in [1.82, 2.24) is 0 Å². The van der Waals surface area contributed by atoms with E-state index in [1.54, 1.807) is 0 Å². The summed E-state index contributed by atoms with van der Waals surface area (Å²) in [5.74, 6) is 0. The fourth-order valence-electron chi connectivity index (χ4n) is 9.22. The van der Waals surface area contributed by atoms with Gasteiger partial charge in [-0.15, -0.1) is 0 Å². The Hall–Kier alpha value is -8.20. The molecule has 0 saturated heterocycles. The van der Waals surface area contributed by atoms with Gasteiger partial charge in [-0.25, -0.2) is 0 Å². The third-order valence-electron chi connectivity index (χ3n) is 12.5. The Labute approximate surface area is 376 Å². The van der Waals surface area contributed by atoms with Crippen molar-refractivity contribution in [3.63, 3.8) is 0 Å². The molecule has 0 spiro atoms. The molecule has 1 aliphatic rings. The van der Waals surface area contributed by atoms with Crippen molar-refractivity contribution in [3.05, 3.63) is 260 Å². The van der Waals surface area contributed by atoms with Crippen molar-refractivity contribution in [2.45, 2.75) is 12.8 Å². The number of anilines is 6. The average Bonchev–Trinajstić information content (AvgIpc) is 3.38. The second-order valence-corrected chi connectivity index (χ2v) is 16.4. The first kappa shape index (κ1) is 38.7. The molecule has 0 aliphatic heterocycles. The molecule has 0 bridgehead atoms. The molecule has 0 N–H and O–H groups in total. The van der Waals surface area contributed by atoms with Crippen LogP contribution in [0, 0.1) is 0 Å². The molecule has 64 heavy (non-hydrogen) atoms. The third-order valence-corrected chi connectivity index (χ3v) is 12.5. The summed E-state index contributed by atoms with van der Waals surface area (Å²) < 4.78 is 0. The van der Waals surface area contributed by atoms with Gasteiger partial charge >= 0.3 is 0 Å². The van der Waals surface area contributed by atoms with Crippen LogP contribution in [0.3, 0.4) is 0 Å². The molecule has 304 valence electrons. The lowest BCUT2D eigenvalue weighted by Crippen LogP contribution is -2.11. The number of hydrogen-bond acceptors (Lipinski definition) is 2. The molecule has 0 fully saturated rings. The van der Waals surface area contributed by atoms with Crippen LogP contribution in [-0.4, -0.2) is 0 Å². The molecule has 10 aromatic carbocycles. The molecule has 0 unspecified atom stereocenters. The second-order valence-electron chi connectivity index (χ2n) is 16.4. The highest BCUT2D eigenvalue weighted by molar-refractivity contribution is 6.14. The molecule has 11 rings (SSSR count). The van der Waals surface area contributed by atoms with Crippen molar-refractivity contribution in [1.29, 1.82) is 0 Å². The summed E-state index contributed by atoms with van der Waals surface area (Å²) in [6.45, 7) is 0. The lowest BCUT2D eigenvalue weighted by molar-refractivity contribution is 1.04. The Morgan fingerprint density at radius 3 is 1.30 bits per heavy atom. The number of benzene rings is 10. The Balaban J connectivity index is 0.983. The summed E-state index contributed by atoms with van der Waals surface area (Å²) in [6.07, 6.45) is 9.07. The van der Waals surface area contributed by atoms with E-state index in [0.717, 1.165) is 58.1 Å². The van der Waals surface area contributed by atoms with Gasteiger partial charge in [-0.1, -0.05) is 188 Å². The van der Waals surface area contributed by atoms with Crippen molar-refractivity contribution in [2.75, 3.05) is 9.80 Å². The van der Waals surface area contributed by atoms with E-state index in [1.165, 1.54) is 54.9 Å². The molecule has 10 aromatic rings. The fourth-order valence-corrected chi connectivity index (χ4v) is 9.22. The number of nitrogens with zero attached hydrogens (tertiary/aromatic N) is 2. The van der Waals surface area contributed by atoms with Gasteiger partial charge in [0.25, 0.3) is 0 Å². The van der Waals surface area contributed by atoms with Crippen LogP contribution in [0.1, 0.15) is 18.4 Å². The maximum atomic E-state index is 2.43. The number of hydrogen-bond donors (Lipinski definition) is 0. The largest absolute Gasteiger partial charge is 0.311 e. The Morgan fingerprint density at radius 1 is 0.281 bits per heavy atom. The smallest absolute Gasteiger partial charge is 0.0546 e. The highest BCUT2D eigenvalue weighted by atomic mass is 15.1. The van der Waals surface area contributed by atoms with E-state index >= 15 is 0 Å². The Bertz CT molecular complexity index is 3190. The van der Waals surface area contributed by atoms with Gasteiger partial charge in [0.2, 0.25) is 0 Å². The van der Waals surface area contributed by atoms with Gasteiger partial charge in [0.1, 0.15) is 0 Å². The van der Waals surface area contributed by atoms with Crippen LogP contribution >= 0.6 is 0 Å². The summed E-state index contributed by atoms with van der Waals surface area (Å²) >= 11 is 0. The molecule has 2 heteroatoms. The van der Waals surface area contributed by atoms with Gasteiger partial charge in [-0.2, -0.15) is 0 Å². The Morgan fingerprint density at radius 2 is 0.734 bits per heavy atom. The predicted octanol–water partition coefficient (Wildman–Crippen LogP) is 17.7. The van der Waals surface area contributed by atoms with Crippen LogP contribution in [0.25, 0.3) is 60.5 Å². The van der Waals surface area contributed by atoms with Crippen LogP contribution in [0.5, 0.6) is 0 Å². The topological polar surface area (TPSA) is 6.48 Å². The fraction of sp³-hybridized carbons (Fsp3) is 0.0323. The van der Waals surface area contributed by atoms with Crippen molar-refractivity contribution in [2.24, 2.45) is 0 Å². The molecule has 0 amide bonds. The summed E-state index contributed by atoms with van der Waals surface area (Å²) in [5.41, 5.74) is 16.3. The van der Waals surface area contributed by atoms with Gasteiger partial charge in [0.15, 0.2) is 0 Å². The predicted molar refractivity (Wildman–Crippen MR) is 273 cm³/mol. The molecule has 2 nitrogen and oxygen atoms in total. The zero-order valence-electron chi connectivity index (χ0n) is 35.6.